The van der Waals surface area contributed by atoms with Crippen LogP contribution in [0.3, 0.4) is 0 Å². The van der Waals surface area contributed by atoms with Gasteiger partial charge in [-0.3, -0.25) is 14.5 Å². The number of anilines is 1. The number of halogens is 1. The third-order valence-electron chi connectivity index (χ3n) is 5.66. The minimum Gasteiger partial charge on any atom is -0.508 e. The molecule has 9 nitrogen and oxygen atoms in total. The molecule has 0 bridgehead atoms. The van der Waals surface area contributed by atoms with E-state index < -0.39 is 5.91 Å². The number of aryl methyl sites for hydroxylation is 1. The molecule has 0 saturated heterocycles. The van der Waals surface area contributed by atoms with E-state index in [9.17, 15) is 9.90 Å². The summed E-state index contributed by atoms with van der Waals surface area (Å²) in [5, 5.41) is 18.0. The highest BCUT2D eigenvalue weighted by atomic mass is 35.5. The van der Waals surface area contributed by atoms with Gasteiger partial charge in [-0.05, 0) is 48.4 Å². The van der Waals surface area contributed by atoms with Crippen molar-refractivity contribution < 1.29 is 9.90 Å². The fraction of sp³-hybridized carbons (Fsp3) is 0.115. The topological polar surface area (TPSA) is 132 Å². The summed E-state index contributed by atoms with van der Waals surface area (Å²) in [6.45, 7) is 0.357. The average Bonchev–Trinajstić information content (AvgIpc) is 3.31. The van der Waals surface area contributed by atoms with E-state index in [-0.39, 0.29) is 17.3 Å². The molecular formula is C26H22ClN7O2. The smallest absolute Gasteiger partial charge is 0.273 e. The molecule has 0 radical (unpaired) electrons. The molecule has 0 saturated carbocycles. The molecule has 0 aliphatic carbocycles. The molecule has 1 amide bonds. The monoisotopic (exact) mass is 499 g/mol. The minimum absolute atomic E-state index is 0.00455. The highest BCUT2D eigenvalue weighted by Gasteiger charge is 2.22. The van der Waals surface area contributed by atoms with E-state index >= 15 is 0 Å². The summed E-state index contributed by atoms with van der Waals surface area (Å²) in [4.78, 5) is 26.6. The number of amides is 1. The second-order valence-corrected chi connectivity index (χ2v) is 8.64. The summed E-state index contributed by atoms with van der Waals surface area (Å²) in [6, 6.07) is 16.0. The van der Waals surface area contributed by atoms with Gasteiger partial charge in [-0.25, -0.2) is 9.97 Å². The highest BCUT2D eigenvalue weighted by Crippen LogP contribution is 2.34. The Balaban J connectivity index is 1.52. The number of pyridine rings is 1. The van der Waals surface area contributed by atoms with Crippen LogP contribution < -0.4 is 11.1 Å². The van der Waals surface area contributed by atoms with Crippen molar-refractivity contribution in [2.75, 3.05) is 12.3 Å². The number of carbonyl (C=O) groups is 1. The number of phenolic OH excluding ortho intramolecular Hbond substituents is 1. The van der Waals surface area contributed by atoms with Crippen molar-refractivity contribution in [3.63, 3.8) is 0 Å². The highest BCUT2D eigenvalue weighted by molar-refractivity contribution is 6.35. The fourth-order valence-corrected chi connectivity index (χ4v) is 4.16. The maximum atomic E-state index is 13.0. The Morgan fingerprint density at radius 3 is 2.67 bits per heavy atom. The Hall–Kier alpha value is -4.50. The van der Waals surface area contributed by atoms with E-state index in [4.69, 9.17) is 17.3 Å². The second kappa shape index (κ2) is 9.63. The third kappa shape index (κ3) is 4.69. The molecule has 0 aliphatic rings. The standard InChI is InChI=1S/C26H22ClN7O2/c1-34-12-9-20(33-34)23-22(17-13-16-3-2-10-29-21(16)19(27)14-17)31-24(25(28)32-23)26(36)30-11-8-15-4-6-18(35)7-5-15/h2-7,9-10,12-14,35H,8,11H2,1H3,(H2,28,32)(H,30,36). The quantitative estimate of drug-likeness (QED) is 0.321. The molecule has 5 aromatic rings. The molecule has 0 spiro atoms. The maximum Gasteiger partial charge on any atom is 0.273 e. The van der Waals surface area contributed by atoms with Crippen molar-refractivity contribution in [3.8, 4) is 28.4 Å². The fourth-order valence-electron chi connectivity index (χ4n) is 3.89. The van der Waals surface area contributed by atoms with E-state index in [1.165, 1.54) is 0 Å². The van der Waals surface area contributed by atoms with Crippen LogP contribution in [0.1, 0.15) is 16.1 Å². The summed E-state index contributed by atoms with van der Waals surface area (Å²) in [5.74, 6) is -0.257. The number of hydrogen-bond donors (Lipinski definition) is 3. The maximum absolute atomic E-state index is 13.0. The van der Waals surface area contributed by atoms with Gasteiger partial charge in [0.1, 0.15) is 17.1 Å². The summed E-state index contributed by atoms with van der Waals surface area (Å²) in [7, 11) is 1.80. The van der Waals surface area contributed by atoms with Crippen LogP contribution in [-0.4, -0.2) is 42.3 Å². The van der Waals surface area contributed by atoms with E-state index in [2.05, 4.69) is 25.4 Å². The molecule has 36 heavy (non-hydrogen) atoms. The lowest BCUT2D eigenvalue weighted by Crippen LogP contribution is -2.28. The summed E-state index contributed by atoms with van der Waals surface area (Å²) < 4.78 is 1.65. The Kier molecular flexibility index (Phi) is 6.22. The number of nitrogens with two attached hydrogens (primary N) is 1. The number of rotatable bonds is 6. The van der Waals surface area contributed by atoms with Gasteiger partial charge in [0.05, 0.1) is 16.2 Å². The predicted molar refractivity (Wildman–Crippen MR) is 139 cm³/mol. The lowest BCUT2D eigenvalue weighted by atomic mass is 10.0. The van der Waals surface area contributed by atoms with E-state index in [0.29, 0.717) is 46.2 Å². The van der Waals surface area contributed by atoms with Crippen LogP contribution in [-0.2, 0) is 13.5 Å². The molecule has 10 heteroatoms. The van der Waals surface area contributed by atoms with Crippen LogP contribution >= 0.6 is 11.6 Å². The average molecular weight is 500 g/mol. The number of nitrogens with zero attached hydrogens (tertiary/aromatic N) is 5. The van der Waals surface area contributed by atoms with Crippen molar-refractivity contribution in [3.05, 3.63) is 83.3 Å². The number of carbonyl (C=O) groups excluding carboxylic acids is 1. The van der Waals surface area contributed by atoms with Gasteiger partial charge in [0.2, 0.25) is 0 Å². The van der Waals surface area contributed by atoms with Crippen molar-refractivity contribution in [2.24, 2.45) is 7.05 Å². The number of phenols is 1. The molecule has 3 heterocycles. The number of nitrogens with one attached hydrogen (secondary N) is 1. The van der Waals surface area contributed by atoms with Crippen LogP contribution in [0.5, 0.6) is 5.75 Å². The van der Waals surface area contributed by atoms with Crippen LogP contribution in [0, 0.1) is 0 Å². The van der Waals surface area contributed by atoms with E-state index in [1.54, 1.807) is 60.5 Å². The molecule has 2 aromatic carbocycles. The summed E-state index contributed by atoms with van der Waals surface area (Å²) in [5.41, 5.74) is 9.94. The Labute approximate surface area is 211 Å². The summed E-state index contributed by atoms with van der Waals surface area (Å²) in [6.07, 6.45) is 4.04. The van der Waals surface area contributed by atoms with Crippen LogP contribution in [0.4, 0.5) is 5.82 Å². The number of aromatic nitrogens is 5. The van der Waals surface area contributed by atoms with Gasteiger partial charge in [0, 0.05) is 36.9 Å². The number of aromatic hydroxyl groups is 1. The number of nitrogen functional groups attached to an aromatic ring is 1. The first-order chi connectivity index (χ1) is 17.4. The van der Waals surface area contributed by atoms with E-state index in [1.807, 2.05) is 18.2 Å². The SMILES string of the molecule is Cn1ccc(-c2nc(N)c(C(=O)NCCc3ccc(O)cc3)nc2-c2cc(Cl)c3ncccc3c2)n1. The number of benzene rings is 2. The zero-order valence-corrected chi connectivity index (χ0v) is 20.1. The molecule has 0 aliphatic heterocycles. The predicted octanol–water partition coefficient (Wildman–Crippen LogP) is 4.01. The first-order valence-corrected chi connectivity index (χ1v) is 11.5. The molecule has 0 unspecified atom stereocenters. The second-order valence-electron chi connectivity index (χ2n) is 8.23. The molecule has 0 fully saturated rings. The van der Waals surface area contributed by atoms with Gasteiger partial charge in [0.15, 0.2) is 11.5 Å². The zero-order valence-electron chi connectivity index (χ0n) is 19.3. The first-order valence-electron chi connectivity index (χ1n) is 11.2. The van der Waals surface area contributed by atoms with E-state index in [0.717, 1.165) is 10.9 Å². The van der Waals surface area contributed by atoms with Crippen LogP contribution in [0.15, 0.2) is 67.0 Å². The Morgan fingerprint density at radius 2 is 1.92 bits per heavy atom. The Morgan fingerprint density at radius 1 is 1.11 bits per heavy atom. The van der Waals surface area contributed by atoms with Gasteiger partial charge in [-0.15, -0.1) is 0 Å². The third-order valence-corrected chi connectivity index (χ3v) is 5.95. The van der Waals surface area contributed by atoms with Crippen molar-refractivity contribution in [2.45, 2.75) is 6.42 Å². The van der Waals surface area contributed by atoms with Gasteiger partial charge < -0.3 is 16.2 Å². The van der Waals surface area contributed by atoms with Gasteiger partial charge in [0.25, 0.3) is 5.91 Å². The largest absolute Gasteiger partial charge is 0.508 e. The van der Waals surface area contributed by atoms with Crippen molar-refractivity contribution in [1.82, 2.24) is 30.0 Å². The molecule has 0 atom stereocenters. The van der Waals surface area contributed by atoms with Crippen LogP contribution in [0.2, 0.25) is 5.02 Å². The number of fused-ring (bicyclic) bond motifs is 1. The molecular weight excluding hydrogens is 478 g/mol. The summed E-state index contributed by atoms with van der Waals surface area (Å²) >= 11 is 6.53. The number of hydrogen-bond acceptors (Lipinski definition) is 7. The van der Waals surface area contributed by atoms with Crippen molar-refractivity contribution in [1.29, 1.82) is 0 Å². The van der Waals surface area contributed by atoms with Crippen LogP contribution in [0.25, 0.3) is 33.5 Å². The van der Waals surface area contributed by atoms with Gasteiger partial charge in [-0.1, -0.05) is 29.8 Å². The lowest BCUT2D eigenvalue weighted by Gasteiger charge is -2.13. The first kappa shape index (κ1) is 23.3. The van der Waals surface area contributed by atoms with Gasteiger partial charge >= 0.3 is 0 Å². The van der Waals surface area contributed by atoms with Gasteiger partial charge in [-0.2, -0.15) is 5.10 Å². The molecule has 4 N–H and O–H groups in total. The normalized spacial score (nSPS) is 11.1. The molecule has 5 rings (SSSR count). The zero-order chi connectivity index (χ0) is 25.2. The molecule has 180 valence electrons. The Bertz CT molecular complexity index is 1580. The molecule has 3 aromatic heterocycles. The lowest BCUT2D eigenvalue weighted by molar-refractivity contribution is 0.0950. The van der Waals surface area contributed by atoms with Crippen molar-refractivity contribution >= 4 is 34.2 Å². The minimum atomic E-state index is -0.443.